The summed E-state index contributed by atoms with van der Waals surface area (Å²) in [5, 5.41) is 32.1. The van der Waals surface area contributed by atoms with Crippen LogP contribution in [0.2, 0.25) is 0 Å². The van der Waals surface area contributed by atoms with Crippen molar-refractivity contribution >= 4 is 17.7 Å². The van der Waals surface area contributed by atoms with Crippen molar-refractivity contribution in [2.24, 2.45) is 0 Å². The molecule has 1 fully saturated rings. The third-order valence-electron chi connectivity index (χ3n) is 4.66. The molecule has 0 aromatic heterocycles. The molecule has 25 heavy (non-hydrogen) atoms. The van der Waals surface area contributed by atoms with Gasteiger partial charge in [0.2, 0.25) is 5.91 Å². The molecule has 4 N–H and O–H groups in total. The van der Waals surface area contributed by atoms with Gasteiger partial charge in [-0.2, -0.15) is 0 Å². The van der Waals surface area contributed by atoms with E-state index < -0.39 is 23.6 Å². The molecular weight excluding hydrogens is 335 g/mol. The predicted molar refractivity (Wildman–Crippen MR) is 84.0 cm³/mol. The van der Waals surface area contributed by atoms with Crippen LogP contribution in [0, 0.1) is 5.82 Å². The number of anilines is 1. The third kappa shape index (κ3) is 3.38. The fraction of sp³-hybridized carbons (Fsp3) is 0.500. The summed E-state index contributed by atoms with van der Waals surface area (Å²) in [5.74, 6) is -0.528. The molecule has 2 heterocycles. The average molecular weight is 354 g/mol. The smallest absolute Gasteiger partial charge is 0.407 e. The van der Waals surface area contributed by atoms with Crippen molar-refractivity contribution in [1.82, 2.24) is 4.90 Å². The van der Waals surface area contributed by atoms with E-state index in [-0.39, 0.29) is 44.1 Å². The highest BCUT2D eigenvalue weighted by Gasteiger charge is 2.43. The van der Waals surface area contributed by atoms with E-state index in [9.17, 15) is 24.2 Å². The van der Waals surface area contributed by atoms with Crippen LogP contribution in [0.1, 0.15) is 18.4 Å². The largest absolute Gasteiger partial charge is 0.490 e. The quantitative estimate of drug-likeness (QED) is 0.630. The maximum Gasteiger partial charge on any atom is 0.407 e. The Labute approximate surface area is 142 Å². The summed E-state index contributed by atoms with van der Waals surface area (Å²) in [6, 6.07) is 2.57. The molecule has 1 saturated heterocycles. The lowest BCUT2D eigenvalue weighted by molar-refractivity contribution is -0.132. The summed E-state index contributed by atoms with van der Waals surface area (Å²) in [5.41, 5.74) is -1.03. The number of aliphatic hydroxyl groups excluding tert-OH is 1. The van der Waals surface area contributed by atoms with Crippen molar-refractivity contribution in [1.29, 1.82) is 0 Å². The van der Waals surface area contributed by atoms with E-state index in [4.69, 9.17) is 9.84 Å². The normalized spacial score (nSPS) is 26.0. The molecule has 1 aromatic carbocycles. The molecule has 0 bridgehead atoms. The fourth-order valence-corrected chi connectivity index (χ4v) is 3.07. The minimum absolute atomic E-state index is 0.0145. The topological polar surface area (TPSA) is 119 Å². The lowest BCUT2D eigenvalue weighted by atomic mass is 9.89. The number of hydrogen-bond acceptors (Lipinski definition) is 5. The van der Waals surface area contributed by atoms with Gasteiger partial charge in [-0.15, -0.1) is 0 Å². The zero-order valence-corrected chi connectivity index (χ0v) is 13.4. The highest BCUT2D eigenvalue weighted by atomic mass is 19.1. The van der Waals surface area contributed by atoms with Crippen molar-refractivity contribution in [3.05, 3.63) is 23.5 Å². The number of amides is 2. The standard InChI is InChI=1S/C16H19FN2O6/c17-10-2-3-11(9-1-4-13(21)18-14(9)10)25-8-16(24)5-6-19(15(22)23)7-12(16)20/h2-3,12,20,24H,1,4-8H2,(H,18,21)(H,22,23)/t12-,16+/m1/s1. The second kappa shape index (κ2) is 6.49. The number of hydrogen-bond donors (Lipinski definition) is 4. The minimum Gasteiger partial charge on any atom is -0.490 e. The summed E-state index contributed by atoms with van der Waals surface area (Å²) in [6.07, 6.45) is -1.94. The molecular formula is C16H19FN2O6. The molecule has 1 aromatic rings. The molecule has 136 valence electrons. The number of carbonyl (C=O) groups excluding carboxylic acids is 1. The zero-order chi connectivity index (χ0) is 18.2. The molecule has 9 heteroatoms. The summed E-state index contributed by atoms with van der Waals surface area (Å²) in [6.45, 7) is -0.412. The van der Waals surface area contributed by atoms with Gasteiger partial charge in [-0.3, -0.25) is 4.79 Å². The fourth-order valence-electron chi connectivity index (χ4n) is 3.07. The van der Waals surface area contributed by atoms with Gasteiger partial charge in [-0.25, -0.2) is 9.18 Å². The van der Waals surface area contributed by atoms with Crippen LogP contribution >= 0.6 is 0 Å². The summed E-state index contributed by atoms with van der Waals surface area (Å²) >= 11 is 0. The highest BCUT2D eigenvalue weighted by Crippen LogP contribution is 2.34. The first-order valence-corrected chi connectivity index (χ1v) is 7.92. The van der Waals surface area contributed by atoms with Crippen molar-refractivity contribution < 1.29 is 34.0 Å². The SMILES string of the molecule is O=C1CCc2c(OC[C@@]3(O)CCN(C(=O)O)C[C@H]3O)ccc(F)c2N1. The van der Waals surface area contributed by atoms with Gasteiger partial charge in [0.05, 0.1) is 12.2 Å². The molecule has 8 nitrogen and oxygen atoms in total. The van der Waals surface area contributed by atoms with Gasteiger partial charge in [0.25, 0.3) is 0 Å². The number of nitrogens with one attached hydrogen (secondary N) is 1. The zero-order valence-electron chi connectivity index (χ0n) is 13.4. The molecule has 0 unspecified atom stereocenters. The number of carboxylic acid groups (broad SMARTS) is 1. The average Bonchev–Trinajstić information content (AvgIpc) is 2.57. The number of benzene rings is 1. The van der Waals surface area contributed by atoms with Crippen molar-refractivity contribution in [3.8, 4) is 5.75 Å². The van der Waals surface area contributed by atoms with Crippen LogP contribution in [-0.4, -0.2) is 63.6 Å². The highest BCUT2D eigenvalue weighted by molar-refractivity contribution is 5.94. The first kappa shape index (κ1) is 17.4. The molecule has 2 aliphatic rings. The summed E-state index contributed by atoms with van der Waals surface area (Å²) in [7, 11) is 0. The van der Waals surface area contributed by atoms with Gasteiger partial charge < -0.3 is 30.3 Å². The molecule has 3 rings (SSSR count). The van der Waals surface area contributed by atoms with E-state index in [0.29, 0.717) is 17.7 Å². The maximum absolute atomic E-state index is 13.9. The van der Waals surface area contributed by atoms with E-state index in [1.807, 2.05) is 0 Å². The lowest BCUT2D eigenvalue weighted by Gasteiger charge is -2.40. The Hall–Kier alpha value is -2.39. The molecule has 2 atom stereocenters. The number of fused-ring (bicyclic) bond motifs is 1. The van der Waals surface area contributed by atoms with E-state index in [0.717, 1.165) is 11.0 Å². The number of nitrogens with zero attached hydrogens (tertiary/aromatic N) is 1. The Morgan fingerprint density at radius 1 is 1.44 bits per heavy atom. The second-order valence-corrected chi connectivity index (χ2v) is 6.33. The van der Waals surface area contributed by atoms with Gasteiger partial charge in [-0.1, -0.05) is 0 Å². The number of β-amino-alcohol motifs (C(OH)–C–C–N with tert-alkyl or cyclic N) is 1. The number of piperidine rings is 1. The van der Waals surface area contributed by atoms with Crippen LogP contribution in [0.25, 0.3) is 0 Å². The third-order valence-corrected chi connectivity index (χ3v) is 4.66. The molecule has 2 amide bonds. The first-order chi connectivity index (χ1) is 11.8. The number of rotatable bonds is 3. The number of ether oxygens (including phenoxy) is 1. The molecule has 0 radical (unpaired) electrons. The number of likely N-dealkylation sites (tertiary alicyclic amines) is 1. The van der Waals surface area contributed by atoms with Gasteiger partial charge in [0, 0.05) is 18.5 Å². The van der Waals surface area contributed by atoms with Crippen molar-refractivity contribution in [2.75, 3.05) is 25.0 Å². The molecule has 0 spiro atoms. The van der Waals surface area contributed by atoms with E-state index in [2.05, 4.69) is 5.32 Å². The van der Waals surface area contributed by atoms with Gasteiger partial charge >= 0.3 is 6.09 Å². The first-order valence-electron chi connectivity index (χ1n) is 7.92. The maximum atomic E-state index is 13.9. The second-order valence-electron chi connectivity index (χ2n) is 6.33. The number of halogens is 1. The predicted octanol–water partition coefficient (Wildman–Crippen LogP) is 0.565. The Balaban J connectivity index is 1.73. The van der Waals surface area contributed by atoms with E-state index >= 15 is 0 Å². The Kier molecular flexibility index (Phi) is 4.53. The summed E-state index contributed by atoms with van der Waals surface area (Å²) < 4.78 is 19.5. The van der Waals surface area contributed by atoms with Crippen LogP contribution in [-0.2, 0) is 11.2 Å². The van der Waals surface area contributed by atoms with Crippen molar-refractivity contribution in [2.45, 2.75) is 31.0 Å². The summed E-state index contributed by atoms with van der Waals surface area (Å²) in [4.78, 5) is 23.4. The number of carbonyl (C=O) groups is 2. The van der Waals surface area contributed by atoms with E-state index in [1.54, 1.807) is 0 Å². The van der Waals surface area contributed by atoms with Crippen molar-refractivity contribution in [3.63, 3.8) is 0 Å². The monoisotopic (exact) mass is 354 g/mol. The Morgan fingerprint density at radius 3 is 2.88 bits per heavy atom. The Bertz CT molecular complexity index is 712. The lowest BCUT2D eigenvalue weighted by Crippen LogP contribution is -2.59. The molecule has 0 saturated carbocycles. The Morgan fingerprint density at radius 2 is 2.20 bits per heavy atom. The van der Waals surface area contributed by atoms with Gasteiger partial charge in [-0.05, 0) is 25.0 Å². The van der Waals surface area contributed by atoms with E-state index in [1.165, 1.54) is 6.07 Å². The minimum atomic E-state index is -1.61. The van der Waals surface area contributed by atoms with Gasteiger partial charge in [0.1, 0.15) is 29.9 Å². The van der Waals surface area contributed by atoms with Gasteiger partial charge in [0.15, 0.2) is 0 Å². The van der Waals surface area contributed by atoms with Crippen LogP contribution in [0.4, 0.5) is 14.9 Å². The van der Waals surface area contributed by atoms with Crippen LogP contribution in [0.5, 0.6) is 5.75 Å². The molecule has 0 aliphatic carbocycles. The van der Waals surface area contributed by atoms with Crippen LogP contribution in [0.15, 0.2) is 12.1 Å². The van der Waals surface area contributed by atoms with Crippen LogP contribution < -0.4 is 10.1 Å². The molecule has 2 aliphatic heterocycles. The number of aliphatic hydroxyl groups is 2. The van der Waals surface area contributed by atoms with Crippen LogP contribution in [0.3, 0.4) is 0 Å².